The van der Waals surface area contributed by atoms with Gasteiger partial charge in [-0.15, -0.1) is 0 Å². The normalized spacial score (nSPS) is 11.5. The van der Waals surface area contributed by atoms with Crippen LogP contribution in [0.15, 0.2) is 42.6 Å². The predicted molar refractivity (Wildman–Crippen MR) is 80.8 cm³/mol. The van der Waals surface area contributed by atoms with E-state index in [0.29, 0.717) is 5.82 Å². The van der Waals surface area contributed by atoms with Gasteiger partial charge in [0.05, 0.1) is 4.92 Å². The number of hydrogen-bond acceptors (Lipinski definition) is 5. The lowest BCUT2D eigenvalue weighted by molar-refractivity contribution is -0.386. The lowest BCUT2D eigenvalue weighted by Gasteiger charge is -2.14. The Morgan fingerprint density at radius 1 is 1.36 bits per heavy atom. The molecule has 0 bridgehead atoms. The van der Waals surface area contributed by atoms with Crippen molar-refractivity contribution in [2.45, 2.75) is 20.0 Å². The van der Waals surface area contributed by atoms with Gasteiger partial charge in [0.15, 0.2) is 11.9 Å². The van der Waals surface area contributed by atoms with Crippen molar-refractivity contribution >= 4 is 17.4 Å². The van der Waals surface area contributed by atoms with Crippen LogP contribution in [0.25, 0.3) is 0 Å². The fourth-order valence-corrected chi connectivity index (χ4v) is 1.78. The van der Waals surface area contributed by atoms with Crippen LogP contribution in [0.2, 0.25) is 0 Å². The van der Waals surface area contributed by atoms with E-state index in [-0.39, 0.29) is 11.4 Å². The number of nitrogens with zero attached hydrogens (tertiary/aromatic N) is 2. The summed E-state index contributed by atoms with van der Waals surface area (Å²) >= 11 is 0. The minimum absolute atomic E-state index is 0.0485. The SMILES string of the molecule is Cc1ccnc(NC(=O)[C@@H](C)Oc2ccccc2[N+](=O)[O-])c1. The van der Waals surface area contributed by atoms with Crippen LogP contribution in [0.4, 0.5) is 11.5 Å². The van der Waals surface area contributed by atoms with Crippen LogP contribution in [0.1, 0.15) is 12.5 Å². The second kappa shape index (κ2) is 6.66. The maximum atomic E-state index is 12.1. The Morgan fingerprint density at radius 2 is 2.09 bits per heavy atom. The molecule has 0 unspecified atom stereocenters. The number of amides is 1. The van der Waals surface area contributed by atoms with Crippen LogP contribution < -0.4 is 10.1 Å². The van der Waals surface area contributed by atoms with Crippen LogP contribution in [-0.4, -0.2) is 21.9 Å². The first-order valence-corrected chi connectivity index (χ1v) is 6.61. The molecule has 0 aliphatic rings. The first kappa shape index (κ1) is 15.4. The molecule has 0 aliphatic carbocycles. The van der Waals surface area contributed by atoms with Crippen molar-refractivity contribution in [3.63, 3.8) is 0 Å². The predicted octanol–water partition coefficient (Wildman–Crippen LogP) is 2.70. The first-order valence-electron chi connectivity index (χ1n) is 6.61. The molecule has 0 aliphatic heterocycles. The number of aryl methyl sites for hydroxylation is 1. The van der Waals surface area contributed by atoms with E-state index in [1.165, 1.54) is 25.1 Å². The van der Waals surface area contributed by atoms with Gasteiger partial charge in [-0.2, -0.15) is 0 Å². The van der Waals surface area contributed by atoms with E-state index in [2.05, 4.69) is 10.3 Å². The number of benzene rings is 1. The minimum Gasteiger partial charge on any atom is -0.474 e. The molecule has 1 aromatic carbocycles. The summed E-state index contributed by atoms with van der Waals surface area (Å²) in [7, 11) is 0. The number of nitrogens with one attached hydrogen (secondary N) is 1. The summed E-state index contributed by atoms with van der Waals surface area (Å²) in [6.07, 6.45) is 0.682. The first-order chi connectivity index (χ1) is 10.5. The average Bonchev–Trinajstić information content (AvgIpc) is 2.47. The molecule has 1 heterocycles. The van der Waals surface area contributed by atoms with Gasteiger partial charge in [0.2, 0.25) is 0 Å². The highest BCUT2D eigenvalue weighted by Crippen LogP contribution is 2.26. The van der Waals surface area contributed by atoms with Crippen molar-refractivity contribution in [1.29, 1.82) is 0 Å². The maximum Gasteiger partial charge on any atom is 0.310 e. The zero-order valence-corrected chi connectivity index (χ0v) is 12.1. The van der Waals surface area contributed by atoms with Crippen LogP contribution in [0.3, 0.4) is 0 Å². The second-order valence-corrected chi connectivity index (χ2v) is 4.69. The highest BCUT2D eigenvalue weighted by Gasteiger charge is 2.20. The highest BCUT2D eigenvalue weighted by molar-refractivity contribution is 5.93. The molecule has 22 heavy (non-hydrogen) atoms. The van der Waals surface area contributed by atoms with Gasteiger partial charge in [-0.25, -0.2) is 4.98 Å². The van der Waals surface area contributed by atoms with Gasteiger partial charge in [-0.05, 0) is 37.6 Å². The zero-order chi connectivity index (χ0) is 16.1. The van der Waals surface area contributed by atoms with Crippen LogP contribution in [0, 0.1) is 17.0 Å². The van der Waals surface area contributed by atoms with E-state index in [1.54, 1.807) is 18.3 Å². The molecule has 0 spiro atoms. The molecule has 0 saturated heterocycles. The molecule has 0 saturated carbocycles. The van der Waals surface area contributed by atoms with E-state index in [0.717, 1.165) is 5.56 Å². The van der Waals surface area contributed by atoms with Crippen molar-refractivity contribution in [3.8, 4) is 5.75 Å². The number of nitro benzene ring substituents is 1. The standard InChI is InChI=1S/C15H15N3O4/c1-10-7-8-16-14(9-10)17-15(19)11(2)22-13-6-4-3-5-12(13)18(20)21/h3-9,11H,1-2H3,(H,16,17,19)/t11-/m1/s1. The number of pyridine rings is 1. The fraction of sp³-hybridized carbons (Fsp3) is 0.200. The minimum atomic E-state index is -0.900. The van der Waals surface area contributed by atoms with Gasteiger partial charge in [0, 0.05) is 12.3 Å². The summed E-state index contributed by atoms with van der Waals surface area (Å²) in [5, 5.41) is 13.5. The largest absolute Gasteiger partial charge is 0.474 e. The van der Waals surface area contributed by atoms with Crippen molar-refractivity contribution in [3.05, 3.63) is 58.3 Å². The number of hydrogen-bond donors (Lipinski definition) is 1. The molecular weight excluding hydrogens is 286 g/mol. The van der Waals surface area contributed by atoms with E-state index >= 15 is 0 Å². The number of aromatic nitrogens is 1. The number of para-hydroxylation sites is 2. The quantitative estimate of drug-likeness (QED) is 0.676. The summed E-state index contributed by atoms with van der Waals surface area (Å²) in [6.45, 7) is 3.40. The van der Waals surface area contributed by atoms with Gasteiger partial charge in [-0.3, -0.25) is 14.9 Å². The summed E-state index contributed by atoms with van der Waals surface area (Å²) < 4.78 is 5.39. The highest BCUT2D eigenvalue weighted by atomic mass is 16.6. The average molecular weight is 301 g/mol. The summed E-state index contributed by atoms with van der Waals surface area (Å²) in [6, 6.07) is 9.44. The number of carbonyl (C=O) groups is 1. The molecule has 2 aromatic rings. The topological polar surface area (TPSA) is 94.4 Å². The Hall–Kier alpha value is -2.96. The lowest BCUT2D eigenvalue weighted by atomic mass is 10.3. The maximum absolute atomic E-state index is 12.1. The van der Waals surface area contributed by atoms with Gasteiger partial charge < -0.3 is 10.1 Å². The summed E-state index contributed by atoms with van der Waals surface area (Å²) in [5.74, 6) is 0.0200. The Kier molecular flexibility index (Phi) is 4.67. The van der Waals surface area contributed by atoms with Crippen molar-refractivity contribution < 1.29 is 14.5 Å². The fourth-order valence-electron chi connectivity index (χ4n) is 1.78. The molecule has 2 rings (SSSR count). The Labute approximate surface area is 127 Å². The molecule has 114 valence electrons. The van der Waals surface area contributed by atoms with E-state index in [1.807, 2.05) is 13.0 Å². The molecule has 1 N–H and O–H groups in total. The van der Waals surface area contributed by atoms with Crippen molar-refractivity contribution in [1.82, 2.24) is 4.98 Å². The smallest absolute Gasteiger partial charge is 0.310 e. The van der Waals surface area contributed by atoms with Crippen molar-refractivity contribution in [2.24, 2.45) is 0 Å². The molecule has 1 atom stereocenters. The number of rotatable bonds is 5. The van der Waals surface area contributed by atoms with Gasteiger partial charge in [0.1, 0.15) is 5.82 Å². The number of anilines is 1. The van der Waals surface area contributed by atoms with E-state index in [9.17, 15) is 14.9 Å². The van der Waals surface area contributed by atoms with Gasteiger partial charge in [-0.1, -0.05) is 12.1 Å². The molecule has 0 radical (unpaired) electrons. The Bertz CT molecular complexity index is 703. The third kappa shape index (κ3) is 3.78. The van der Waals surface area contributed by atoms with Crippen molar-refractivity contribution in [2.75, 3.05) is 5.32 Å². The third-order valence-corrected chi connectivity index (χ3v) is 2.90. The Morgan fingerprint density at radius 3 is 2.77 bits per heavy atom. The van der Waals surface area contributed by atoms with Crippen LogP contribution >= 0.6 is 0 Å². The number of carbonyl (C=O) groups excluding carboxylic acids is 1. The van der Waals surface area contributed by atoms with Crippen LogP contribution in [0.5, 0.6) is 5.75 Å². The molecule has 0 fully saturated rings. The summed E-state index contributed by atoms with van der Waals surface area (Å²) in [4.78, 5) is 26.4. The molecule has 7 heteroatoms. The zero-order valence-electron chi connectivity index (χ0n) is 12.1. The second-order valence-electron chi connectivity index (χ2n) is 4.69. The molecule has 7 nitrogen and oxygen atoms in total. The molecule has 1 aromatic heterocycles. The van der Waals surface area contributed by atoms with Gasteiger partial charge in [0.25, 0.3) is 5.91 Å². The third-order valence-electron chi connectivity index (χ3n) is 2.90. The van der Waals surface area contributed by atoms with E-state index in [4.69, 9.17) is 4.74 Å². The lowest BCUT2D eigenvalue weighted by Crippen LogP contribution is -2.30. The van der Waals surface area contributed by atoms with Crippen LogP contribution in [-0.2, 0) is 4.79 Å². The number of ether oxygens (including phenoxy) is 1. The van der Waals surface area contributed by atoms with Gasteiger partial charge >= 0.3 is 5.69 Å². The molecular formula is C15H15N3O4. The monoisotopic (exact) mass is 301 g/mol. The van der Waals surface area contributed by atoms with E-state index < -0.39 is 16.9 Å². The number of nitro groups is 1. The summed E-state index contributed by atoms with van der Waals surface area (Å²) in [5.41, 5.74) is 0.772. The Balaban J connectivity index is 2.07. The molecule has 1 amide bonds.